The number of rotatable bonds is 9. The number of aromatic nitrogens is 3. The summed E-state index contributed by atoms with van der Waals surface area (Å²) in [5, 5.41) is 18.9. The first-order chi connectivity index (χ1) is 13.5. The van der Waals surface area contributed by atoms with Crippen LogP contribution in [0.5, 0.6) is 11.5 Å². The summed E-state index contributed by atoms with van der Waals surface area (Å²) in [7, 11) is 0. The third kappa shape index (κ3) is 4.88. The number of benzene rings is 2. The van der Waals surface area contributed by atoms with Gasteiger partial charge in [0.15, 0.2) is 0 Å². The van der Waals surface area contributed by atoms with Crippen LogP contribution in [0.3, 0.4) is 0 Å². The average Bonchev–Trinajstić information content (AvgIpc) is 3.12. The topological polar surface area (TPSA) is 86.5 Å². The van der Waals surface area contributed by atoms with E-state index in [1.54, 1.807) is 25.1 Å². The summed E-state index contributed by atoms with van der Waals surface area (Å²) in [6.07, 6.45) is 2.47. The van der Waals surface area contributed by atoms with E-state index in [9.17, 15) is 9.90 Å². The van der Waals surface area contributed by atoms with Gasteiger partial charge in [-0.3, -0.25) is 0 Å². The molecule has 0 unspecified atom stereocenters. The lowest BCUT2D eigenvalue weighted by atomic mass is 10.2. The average molecular weight is 381 g/mol. The number of hydrogen-bond donors (Lipinski definition) is 1. The molecule has 7 heteroatoms. The van der Waals surface area contributed by atoms with Gasteiger partial charge in [0, 0.05) is 11.6 Å². The van der Waals surface area contributed by atoms with Crippen LogP contribution in [-0.2, 0) is 9.53 Å². The van der Waals surface area contributed by atoms with Crippen LogP contribution >= 0.6 is 0 Å². The molecule has 0 spiro atoms. The van der Waals surface area contributed by atoms with E-state index < -0.39 is 0 Å². The molecule has 2 aromatic carbocycles. The van der Waals surface area contributed by atoms with E-state index in [4.69, 9.17) is 9.47 Å². The Morgan fingerprint density at radius 1 is 1.07 bits per heavy atom. The quantitative estimate of drug-likeness (QED) is 0.345. The predicted molar refractivity (Wildman–Crippen MR) is 106 cm³/mol. The molecule has 0 aliphatic rings. The van der Waals surface area contributed by atoms with Gasteiger partial charge in [0.05, 0.1) is 13.2 Å². The standard InChI is InChI=1S/C21H23N3O4/c1-15(2)21(26)28-13-7-3-6-12-27-16-10-11-20(25)19(14-16)24-22-17-8-4-5-9-18(17)23-24/h4-5,8-11,14,25H,1,3,6-7,12-13H2,2H3. The Hall–Kier alpha value is -3.35. The van der Waals surface area contributed by atoms with Crippen molar-refractivity contribution in [2.45, 2.75) is 26.2 Å². The van der Waals surface area contributed by atoms with Crippen molar-refractivity contribution in [3.8, 4) is 17.2 Å². The highest BCUT2D eigenvalue weighted by Crippen LogP contribution is 2.26. The summed E-state index contributed by atoms with van der Waals surface area (Å²) in [5.41, 5.74) is 2.37. The molecule has 1 heterocycles. The van der Waals surface area contributed by atoms with Crippen molar-refractivity contribution in [3.05, 3.63) is 54.6 Å². The minimum absolute atomic E-state index is 0.0759. The Morgan fingerprint density at radius 2 is 1.75 bits per heavy atom. The van der Waals surface area contributed by atoms with Crippen LogP contribution < -0.4 is 4.74 Å². The summed E-state index contributed by atoms with van der Waals surface area (Å²) in [4.78, 5) is 12.7. The minimum atomic E-state index is -0.354. The van der Waals surface area contributed by atoms with Crippen molar-refractivity contribution in [2.24, 2.45) is 0 Å². The normalized spacial score (nSPS) is 10.8. The fourth-order valence-electron chi connectivity index (χ4n) is 2.58. The second-order valence-electron chi connectivity index (χ2n) is 6.45. The number of ether oxygens (including phenoxy) is 2. The molecule has 28 heavy (non-hydrogen) atoms. The van der Waals surface area contributed by atoms with Crippen molar-refractivity contribution in [2.75, 3.05) is 13.2 Å². The van der Waals surface area contributed by atoms with Crippen molar-refractivity contribution in [3.63, 3.8) is 0 Å². The molecule has 3 aromatic rings. The summed E-state index contributed by atoms with van der Waals surface area (Å²) >= 11 is 0. The zero-order valence-corrected chi connectivity index (χ0v) is 15.8. The van der Waals surface area contributed by atoms with Gasteiger partial charge in [0.1, 0.15) is 28.2 Å². The molecule has 7 nitrogen and oxygen atoms in total. The van der Waals surface area contributed by atoms with Crippen LogP contribution in [0.2, 0.25) is 0 Å². The summed E-state index contributed by atoms with van der Waals surface area (Å²) in [5.74, 6) is 0.350. The Balaban J connectivity index is 1.51. The third-order valence-electron chi connectivity index (χ3n) is 4.09. The molecule has 1 aromatic heterocycles. The largest absolute Gasteiger partial charge is 0.506 e. The molecule has 0 aliphatic heterocycles. The number of esters is 1. The van der Waals surface area contributed by atoms with E-state index >= 15 is 0 Å². The van der Waals surface area contributed by atoms with Gasteiger partial charge in [-0.05, 0) is 50.5 Å². The first-order valence-corrected chi connectivity index (χ1v) is 9.15. The lowest BCUT2D eigenvalue weighted by molar-refractivity contribution is -0.139. The highest BCUT2D eigenvalue weighted by molar-refractivity contribution is 5.86. The molecule has 146 valence electrons. The minimum Gasteiger partial charge on any atom is -0.506 e. The molecule has 0 aliphatic carbocycles. The van der Waals surface area contributed by atoms with Gasteiger partial charge in [-0.1, -0.05) is 18.7 Å². The molecule has 0 saturated carbocycles. The van der Waals surface area contributed by atoms with E-state index in [2.05, 4.69) is 16.8 Å². The molecule has 1 N–H and O–H groups in total. The molecule has 0 fully saturated rings. The Labute approximate surface area is 163 Å². The van der Waals surface area contributed by atoms with Crippen LogP contribution in [0, 0.1) is 0 Å². The summed E-state index contributed by atoms with van der Waals surface area (Å²) in [6, 6.07) is 12.5. The molecular formula is C21H23N3O4. The van der Waals surface area contributed by atoms with E-state index in [0.29, 0.717) is 30.2 Å². The molecule has 0 amide bonds. The van der Waals surface area contributed by atoms with Crippen LogP contribution in [0.4, 0.5) is 0 Å². The van der Waals surface area contributed by atoms with Crippen molar-refractivity contribution in [1.29, 1.82) is 0 Å². The lowest BCUT2D eigenvalue weighted by Crippen LogP contribution is -2.06. The van der Waals surface area contributed by atoms with Crippen molar-refractivity contribution >= 4 is 17.0 Å². The Kier molecular flexibility index (Phi) is 6.26. The van der Waals surface area contributed by atoms with E-state index in [0.717, 1.165) is 30.3 Å². The fraction of sp³-hybridized carbons (Fsp3) is 0.286. The first-order valence-electron chi connectivity index (χ1n) is 9.15. The van der Waals surface area contributed by atoms with Gasteiger partial charge >= 0.3 is 5.97 Å². The number of nitrogens with zero attached hydrogens (tertiary/aromatic N) is 3. The van der Waals surface area contributed by atoms with Crippen LogP contribution in [0.15, 0.2) is 54.6 Å². The van der Waals surface area contributed by atoms with Crippen LogP contribution in [-0.4, -0.2) is 39.3 Å². The number of unbranched alkanes of at least 4 members (excludes halogenated alkanes) is 2. The molecule has 0 bridgehead atoms. The van der Waals surface area contributed by atoms with Crippen molar-refractivity contribution < 1.29 is 19.4 Å². The lowest BCUT2D eigenvalue weighted by Gasteiger charge is -2.09. The Bertz CT molecular complexity index is 948. The van der Waals surface area contributed by atoms with Gasteiger partial charge in [0.25, 0.3) is 0 Å². The zero-order valence-electron chi connectivity index (χ0n) is 15.8. The second-order valence-corrected chi connectivity index (χ2v) is 6.45. The molecule has 0 radical (unpaired) electrons. The predicted octanol–water partition coefficient (Wildman–Crippen LogP) is 3.79. The van der Waals surface area contributed by atoms with Gasteiger partial charge in [-0.15, -0.1) is 15.0 Å². The number of aromatic hydroxyl groups is 1. The van der Waals surface area contributed by atoms with Gasteiger partial charge < -0.3 is 14.6 Å². The number of fused-ring (bicyclic) bond motifs is 1. The summed E-state index contributed by atoms with van der Waals surface area (Å²) < 4.78 is 10.8. The highest BCUT2D eigenvalue weighted by atomic mass is 16.5. The third-order valence-corrected chi connectivity index (χ3v) is 4.09. The zero-order chi connectivity index (χ0) is 19.9. The maximum absolute atomic E-state index is 11.3. The van der Waals surface area contributed by atoms with Gasteiger partial charge in [-0.2, -0.15) is 0 Å². The SMILES string of the molecule is C=C(C)C(=O)OCCCCCOc1ccc(O)c(-n2nc3ccccc3n2)c1. The van der Waals surface area contributed by atoms with E-state index in [1.165, 1.54) is 4.80 Å². The van der Waals surface area contributed by atoms with Gasteiger partial charge in [0.2, 0.25) is 0 Å². The molecule has 0 saturated heterocycles. The summed E-state index contributed by atoms with van der Waals surface area (Å²) in [6.45, 7) is 6.07. The van der Waals surface area contributed by atoms with E-state index in [-0.39, 0.29) is 11.7 Å². The molecule has 3 rings (SSSR count). The Morgan fingerprint density at radius 3 is 2.43 bits per heavy atom. The maximum atomic E-state index is 11.3. The van der Waals surface area contributed by atoms with E-state index in [1.807, 2.05) is 24.3 Å². The van der Waals surface area contributed by atoms with Gasteiger partial charge in [-0.25, -0.2) is 4.79 Å². The number of phenols is 1. The monoisotopic (exact) mass is 381 g/mol. The van der Waals surface area contributed by atoms with Crippen LogP contribution in [0.25, 0.3) is 16.7 Å². The number of hydrogen-bond acceptors (Lipinski definition) is 6. The van der Waals surface area contributed by atoms with Crippen LogP contribution in [0.1, 0.15) is 26.2 Å². The number of carbonyl (C=O) groups is 1. The van der Waals surface area contributed by atoms with Crippen molar-refractivity contribution in [1.82, 2.24) is 15.0 Å². The maximum Gasteiger partial charge on any atom is 0.333 e. The highest BCUT2D eigenvalue weighted by Gasteiger charge is 2.10. The fourth-order valence-corrected chi connectivity index (χ4v) is 2.58. The molecular weight excluding hydrogens is 358 g/mol. The second kappa shape index (κ2) is 9.03. The first kappa shape index (κ1) is 19.4. The molecule has 0 atom stereocenters. The smallest absolute Gasteiger partial charge is 0.333 e. The number of carbonyl (C=O) groups excluding carboxylic acids is 1. The number of phenolic OH excluding ortho intramolecular Hbond substituents is 1.